The van der Waals surface area contributed by atoms with Gasteiger partial charge < -0.3 is 9.84 Å². The van der Waals surface area contributed by atoms with Gasteiger partial charge in [0.2, 0.25) is 23.6 Å². The number of carbonyl (C=O) groups excluding carboxylic acids is 4. The van der Waals surface area contributed by atoms with Crippen molar-refractivity contribution in [2.24, 2.45) is 36.1 Å². The van der Waals surface area contributed by atoms with Crippen molar-refractivity contribution in [1.29, 1.82) is 0 Å². The predicted molar refractivity (Wildman–Crippen MR) is 190 cm³/mol. The molecule has 4 aliphatic rings. The molecule has 13 heteroatoms. The van der Waals surface area contributed by atoms with Crippen molar-refractivity contribution in [3.05, 3.63) is 69.2 Å². The van der Waals surface area contributed by atoms with Crippen LogP contribution in [0.3, 0.4) is 0 Å². The van der Waals surface area contributed by atoms with Crippen LogP contribution in [-0.4, -0.2) is 57.1 Å². The predicted octanol–water partition coefficient (Wildman–Crippen LogP) is 6.88. The first-order valence-corrected chi connectivity index (χ1v) is 18.1. The summed E-state index contributed by atoms with van der Waals surface area (Å²) in [6.45, 7) is 5.85. The Labute approximate surface area is 302 Å². The van der Waals surface area contributed by atoms with Gasteiger partial charge >= 0.3 is 0 Å². The highest BCUT2D eigenvalue weighted by Crippen LogP contribution is 2.64. The number of nitrogens with zero attached hydrogens (tertiary/aromatic N) is 4. The zero-order chi connectivity index (χ0) is 35.5. The van der Waals surface area contributed by atoms with Crippen LogP contribution in [0.1, 0.15) is 43.7 Å². The molecule has 6 unspecified atom stereocenters. The molecule has 4 heterocycles. The number of ether oxygens (including phenoxy) is 1. The lowest BCUT2D eigenvalue weighted by atomic mass is 9.51. The van der Waals surface area contributed by atoms with Crippen molar-refractivity contribution in [2.45, 2.75) is 39.5 Å². The van der Waals surface area contributed by atoms with Gasteiger partial charge in [0.25, 0.3) is 0 Å². The number of imide groups is 2. The summed E-state index contributed by atoms with van der Waals surface area (Å²) in [6, 6.07) is 10.7. The number of hydrogen-bond acceptors (Lipinski definition) is 8. The maximum Gasteiger partial charge on any atom is 0.242 e. The van der Waals surface area contributed by atoms with Gasteiger partial charge in [-0.25, -0.2) is 4.90 Å². The quantitative estimate of drug-likeness (QED) is 0.175. The SMILES string of the molecule is CCN1C(=O)C2CC=C3C(CC4C(=O)N(c5cc(-c6sc7ccc(Cl)cc7c6C)nn5C)C(=O)C4(C)C3c3cc(Cl)c(O)c(OC)c3)C2C1=O. The molecule has 0 bridgehead atoms. The Morgan fingerprint density at radius 3 is 2.54 bits per heavy atom. The highest BCUT2D eigenvalue weighted by molar-refractivity contribution is 7.22. The van der Waals surface area contributed by atoms with E-state index in [4.69, 9.17) is 33.0 Å². The molecule has 258 valence electrons. The van der Waals surface area contributed by atoms with E-state index >= 15 is 4.79 Å². The van der Waals surface area contributed by atoms with Crippen molar-refractivity contribution < 1.29 is 29.0 Å². The van der Waals surface area contributed by atoms with Gasteiger partial charge in [-0.15, -0.1) is 11.3 Å². The molecular formula is C37H34Cl2N4O6S. The topological polar surface area (TPSA) is 122 Å². The molecule has 3 fully saturated rings. The molecule has 10 nitrogen and oxygen atoms in total. The van der Waals surface area contributed by atoms with Crippen LogP contribution in [0.4, 0.5) is 5.82 Å². The summed E-state index contributed by atoms with van der Waals surface area (Å²) < 4.78 is 8.06. The Morgan fingerprint density at radius 2 is 1.82 bits per heavy atom. The lowest BCUT2D eigenvalue weighted by molar-refractivity contribution is -0.140. The summed E-state index contributed by atoms with van der Waals surface area (Å²) in [6.07, 6.45) is 2.55. The van der Waals surface area contributed by atoms with Crippen molar-refractivity contribution in [2.75, 3.05) is 18.6 Å². The fraction of sp³-hybridized carbons (Fsp3) is 0.378. The zero-order valence-corrected chi connectivity index (χ0v) is 30.3. The molecule has 50 heavy (non-hydrogen) atoms. The van der Waals surface area contributed by atoms with Gasteiger partial charge in [-0.3, -0.25) is 28.8 Å². The standard InChI is InChI=1S/C37H34Cl2N4O6S/c1-6-42-33(45)20-9-8-19-22(29(20)35(42)47)14-23-34(46)43(36(48)37(23,3)30(19)17-11-24(39)31(44)26(12-17)49-5)28-15-25(40-41(28)4)32-16(2)21-13-18(38)7-10-27(21)50-32/h7-8,10-13,15,20,22-23,29-30,44H,6,9,14H2,1-5H3. The van der Waals surface area contributed by atoms with E-state index in [9.17, 15) is 19.5 Å². The number of aromatic nitrogens is 2. The number of aryl methyl sites for hydroxylation is 2. The second-order valence-electron chi connectivity index (χ2n) is 13.8. The molecule has 4 amide bonds. The smallest absolute Gasteiger partial charge is 0.242 e. The largest absolute Gasteiger partial charge is 0.503 e. The lowest BCUT2D eigenvalue weighted by Gasteiger charge is -2.49. The summed E-state index contributed by atoms with van der Waals surface area (Å²) in [5.41, 5.74) is 1.71. The first-order chi connectivity index (χ1) is 23.8. The summed E-state index contributed by atoms with van der Waals surface area (Å²) >= 11 is 14.4. The molecule has 2 aliphatic carbocycles. The molecule has 1 saturated carbocycles. The average Bonchev–Trinajstić information content (AvgIpc) is 3.75. The van der Waals surface area contributed by atoms with E-state index in [1.807, 2.05) is 31.2 Å². The van der Waals surface area contributed by atoms with Crippen molar-refractivity contribution in [3.8, 4) is 22.1 Å². The number of thiophene rings is 1. The van der Waals surface area contributed by atoms with Crippen LogP contribution in [0, 0.1) is 36.0 Å². The molecular weight excluding hydrogens is 699 g/mol. The highest BCUT2D eigenvalue weighted by atomic mass is 35.5. The number of anilines is 1. The third-order valence-corrected chi connectivity index (χ3v) is 13.3. The van der Waals surface area contributed by atoms with Crippen LogP contribution in [0.15, 0.2) is 48.0 Å². The van der Waals surface area contributed by atoms with Gasteiger partial charge in [0, 0.05) is 35.3 Å². The van der Waals surface area contributed by atoms with Crippen LogP contribution in [0.2, 0.25) is 10.0 Å². The number of fused-ring (bicyclic) bond motifs is 5. The van der Waals surface area contributed by atoms with Crippen LogP contribution in [0.5, 0.6) is 11.5 Å². The fourth-order valence-electron chi connectivity index (χ4n) is 9.12. The first-order valence-electron chi connectivity index (χ1n) is 16.5. The first kappa shape index (κ1) is 33.0. The Morgan fingerprint density at radius 1 is 1.06 bits per heavy atom. The Hall–Kier alpha value is -4.19. The molecule has 2 saturated heterocycles. The number of amides is 4. The van der Waals surface area contributed by atoms with Crippen molar-refractivity contribution >= 4 is 74.1 Å². The molecule has 2 aromatic heterocycles. The average molecular weight is 734 g/mol. The maximum atomic E-state index is 15.0. The maximum absolute atomic E-state index is 15.0. The van der Waals surface area contributed by atoms with Gasteiger partial charge in [0.1, 0.15) is 11.5 Å². The number of carbonyl (C=O) groups is 4. The summed E-state index contributed by atoms with van der Waals surface area (Å²) in [5.74, 6) is -4.19. The molecule has 0 radical (unpaired) electrons. The fourth-order valence-corrected chi connectivity index (χ4v) is 10.7. The van der Waals surface area contributed by atoms with Gasteiger partial charge in [-0.05, 0) is 86.4 Å². The molecule has 1 N–H and O–H groups in total. The summed E-state index contributed by atoms with van der Waals surface area (Å²) in [5, 5.41) is 17.1. The number of allylic oxidation sites excluding steroid dienone is 2. The number of hydrogen-bond donors (Lipinski definition) is 1. The molecule has 4 aromatic rings. The Balaban J connectivity index is 1.27. The minimum atomic E-state index is -1.30. The van der Waals surface area contributed by atoms with Crippen LogP contribution in [0.25, 0.3) is 20.7 Å². The van der Waals surface area contributed by atoms with Crippen LogP contribution < -0.4 is 9.64 Å². The molecule has 8 rings (SSSR count). The van der Waals surface area contributed by atoms with Crippen molar-refractivity contribution in [3.63, 3.8) is 0 Å². The number of phenols is 1. The molecule has 6 atom stereocenters. The second kappa shape index (κ2) is 11.4. The van der Waals surface area contributed by atoms with E-state index in [1.54, 1.807) is 55.1 Å². The number of methoxy groups -OCH3 is 1. The van der Waals surface area contributed by atoms with E-state index in [2.05, 4.69) is 0 Å². The monoisotopic (exact) mass is 732 g/mol. The van der Waals surface area contributed by atoms with E-state index in [1.165, 1.54) is 16.9 Å². The van der Waals surface area contributed by atoms with Crippen LogP contribution in [-0.2, 0) is 26.2 Å². The van der Waals surface area contributed by atoms with Gasteiger partial charge in [-0.2, -0.15) is 5.10 Å². The number of phenolic OH excluding ortho intramolecular Hbond substituents is 1. The van der Waals surface area contributed by atoms with E-state index in [0.29, 0.717) is 28.5 Å². The second-order valence-corrected chi connectivity index (χ2v) is 15.7. The summed E-state index contributed by atoms with van der Waals surface area (Å²) in [7, 11) is 3.12. The van der Waals surface area contributed by atoms with E-state index in [-0.39, 0.29) is 47.2 Å². The molecule has 2 aromatic carbocycles. The van der Waals surface area contributed by atoms with Crippen molar-refractivity contribution in [1.82, 2.24) is 14.7 Å². The van der Waals surface area contributed by atoms with Crippen LogP contribution >= 0.6 is 34.5 Å². The zero-order valence-electron chi connectivity index (χ0n) is 28.0. The van der Waals surface area contributed by atoms with E-state index < -0.39 is 40.9 Å². The van der Waals surface area contributed by atoms with E-state index in [0.717, 1.165) is 26.1 Å². The number of benzene rings is 2. The number of aromatic hydroxyl groups is 1. The number of rotatable bonds is 5. The third kappa shape index (κ3) is 4.35. The van der Waals surface area contributed by atoms with Gasteiger partial charge in [0.05, 0.1) is 40.2 Å². The molecule has 2 aliphatic heterocycles. The van der Waals surface area contributed by atoms with Gasteiger partial charge in [-0.1, -0.05) is 34.9 Å². The number of halogens is 2. The number of likely N-dealkylation sites (tertiary alicyclic amines) is 1. The Bertz CT molecular complexity index is 2230. The third-order valence-electron chi connectivity index (χ3n) is 11.5. The normalized spacial score (nSPS) is 27.6. The van der Waals surface area contributed by atoms with Gasteiger partial charge in [0.15, 0.2) is 11.5 Å². The summed E-state index contributed by atoms with van der Waals surface area (Å²) in [4.78, 5) is 60.3. The minimum absolute atomic E-state index is 0.0325. The minimum Gasteiger partial charge on any atom is -0.503 e. The highest BCUT2D eigenvalue weighted by Gasteiger charge is 2.68. The molecule has 0 spiro atoms. The lowest BCUT2D eigenvalue weighted by Crippen LogP contribution is -2.48. The Kier molecular flexibility index (Phi) is 7.53.